The Hall–Kier alpha value is -0.260. The van der Waals surface area contributed by atoms with Crippen molar-refractivity contribution in [2.45, 2.75) is 39.2 Å². The Morgan fingerprint density at radius 2 is 2.00 bits per heavy atom. The molecule has 0 aliphatic heterocycles. The maximum atomic E-state index is 10.5. The average Bonchev–Trinajstić information content (AvgIpc) is 2.20. The van der Waals surface area contributed by atoms with Gasteiger partial charge in [-0.2, -0.15) is 0 Å². The summed E-state index contributed by atoms with van der Waals surface area (Å²) in [7, 11) is 1.88. The Balaban J connectivity index is 0. The van der Waals surface area contributed by atoms with Crippen molar-refractivity contribution in [3.8, 4) is 0 Å². The first-order valence-corrected chi connectivity index (χ1v) is 5.44. The van der Waals surface area contributed by atoms with E-state index in [2.05, 4.69) is 22.9 Å². The average molecular weight is 222 g/mol. The highest BCUT2D eigenvalue weighted by Crippen LogP contribution is 2.01. The highest BCUT2D eigenvalue weighted by molar-refractivity contribution is 7.78. The molecule has 0 fully saturated rings. The summed E-state index contributed by atoms with van der Waals surface area (Å²) in [5.41, 5.74) is 0. The quantitative estimate of drug-likeness (QED) is 0.387. The monoisotopic (exact) mass is 222 g/mol. The number of aliphatic carboxylic acids is 1. The van der Waals surface area contributed by atoms with Gasteiger partial charge in [0.05, 0.1) is 0 Å². The molecular weight excluding hydrogens is 200 g/mol. The SMILES string of the molecule is CC.CNCCCCC(NS)C(=O)O. The molecule has 0 aromatic carbocycles. The first-order chi connectivity index (χ1) is 6.72. The Kier molecular flexibility index (Phi) is 14.7. The Morgan fingerprint density at radius 3 is 2.36 bits per heavy atom. The topological polar surface area (TPSA) is 61.4 Å². The van der Waals surface area contributed by atoms with Crippen molar-refractivity contribution in [2.24, 2.45) is 0 Å². The lowest BCUT2D eigenvalue weighted by atomic mass is 10.1. The van der Waals surface area contributed by atoms with E-state index >= 15 is 0 Å². The van der Waals surface area contributed by atoms with Gasteiger partial charge in [-0.05, 0) is 26.4 Å². The summed E-state index contributed by atoms with van der Waals surface area (Å²) in [4.78, 5) is 10.5. The van der Waals surface area contributed by atoms with Crippen LogP contribution in [0.25, 0.3) is 0 Å². The molecule has 1 atom stereocenters. The normalized spacial score (nSPS) is 11.4. The van der Waals surface area contributed by atoms with Crippen LogP contribution in [-0.4, -0.2) is 30.7 Å². The molecule has 3 N–H and O–H groups in total. The van der Waals surface area contributed by atoms with Gasteiger partial charge in [-0.15, -0.1) is 0 Å². The zero-order chi connectivity index (χ0) is 11.4. The number of carbonyl (C=O) groups is 1. The second-order valence-corrected chi connectivity index (χ2v) is 2.88. The van der Waals surface area contributed by atoms with Gasteiger partial charge in [-0.3, -0.25) is 9.52 Å². The highest BCUT2D eigenvalue weighted by atomic mass is 32.1. The van der Waals surface area contributed by atoms with Gasteiger partial charge in [-0.25, -0.2) is 0 Å². The predicted molar refractivity (Wildman–Crippen MR) is 62.7 cm³/mol. The molecule has 4 nitrogen and oxygen atoms in total. The van der Waals surface area contributed by atoms with E-state index in [1.165, 1.54) is 0 Å². The number of carboxylic acid groups (broad SMARTS) is 1. The van der Waals surface area contributed by atoms with Crippen LogP contribution in [0.5, 0.6) is 0 Å². The fraction of sp³-hybridized carbons (Fsp3) is 0.889. The Morgan fingerprint density at radius 1 is 1.43 bits per heavy atom. The number of carboxylic acids is 1. The van der Waals surface area contributed by atoms with Gasteiger partial charge in [0, 0.05) is 0 Å². The van der Waals surface area contributed by atoms with Gasteiger partial charge in [0.25, 0.3) is 0 Å². The lowest BCUT2D eigenvalue weighted by Gasteiger charge is -2.09. The summed E-state index contributed by atoms with van der Waals surface area (Å²) < 4.78 is 2.45. The molecule has 0 bridgehead atoms. The third-order valence-electron chi connectivity index (χ3n) is 1.62. The molecule has 0 saturated heterocycles. The fourth-order valence-corrected chi connectivity index (χ4v) is 1.13. The smallest absolute Gasteiger partial charge is 0.321 e. The number of hydrogen-bond acceptors (Lipinski definition) is 4. The van der Waals surface area contributed by atoms with Crippen molar-refractivity contribution < 1.29 is 9.90 Å². The molecule has 0 aliphatic rings. The van der Waals surface area contributed by atoms with Gasteiger partial charge >= 0.3 is 5.97 Å². The zero-order valence-electron chi connectivity index (χ0n) is 9.21. The van der Waals surface area contributed by atoms with Crippen molar-refractivity contribution in [1.82, 2.24) is 10.0 Å². The van der Waals surface area contributed by atoms with Crippen molar-refractivity contribution in [1.29, 1.82) is 0 Å². The summed E-state index contributed by atoms with van der Waals surface area (Å²) in [5.74, 6) is -0.838. The van der Waals surface area contributed by atoms with E-state index in [4.69, 9.17) is 5.11 Å². The molecule has 0 radical (unpaired) electrons. The van der Waals surface area contributed by atoms with Gasteiger partial charge in [0.1, 0.15) is 6.04 Å². The van der Waals surface area contributed by atoms with Crippen molar-refractivity contribution in [3.05, 3.63) is 0 Å². The highest BCUT2D eigenvalue weighted by Gasteiger charge is 2.13. The first-order valence-electron chi connectivity index (χ1n) is 4.99. The van der Waals surface area contributed by atoms with Crippen molar-refractivity contribution in [3.63, 3.8) is 0 Å². The second-order valence-electron chi connectivity index (χ2n) is 2.62. The van der Waals surface area contributed by atoms with Gasteiger partial charge in [0.2, 0.25) is 0 Å². The first kappa shape index (κ1) is 16.2. The van der Waals surface area contributed by atoms with Crippen LogP contribution < -0.4 is 10.0 Å². The summed E-state index contributed by atoms with van der Waals surface area (Å²) in [6.07, 6.45) is 2.52. The van der Waals surface area contributed by atoms with Crippen molar-refractivity contribution in [2.75, 3.05) is 13.6 Å². The summed E-state index contributed by atoms with van der Waals surface area (Å²) in [6, 6.07) is -0.523. The van der Waals surface area contributed by atoms with E-state index < -0.39 is 12.0 Å². The molecule has 0 amide bonds. The summed E-state index contributed by atoms with van der Waals surface area (Å²) in [6.45, 7) is 4.93. The van der Waals surface area contributed by atoms with Crippen LogP contribution in [0.1, 0.15) is 33.1 Å². The molecular formula is C9H22N2O2S. The van der Waals surface area contributed by atoms with Crippen molar-refractivity contribution >= 4 is 18.8 Å². The van der Waals surface area contributed by atoms with E-state index in [9.17, 15) is 4.79 Å². The summed E-state index contributed by atoms with van der Waals surface area (Å²) in [5, 5.41) is 11.6. The van der Waals surface area contributed by atoms with Crippen LogP contribution in [0.4, 0.5) is 0 Å². The number of thiol groups is 1. The van der Waals surface area contributed by atoms with Crippen LogP contribution >= 0.6 is 12.8 Å². The van der Waals surface area contributed by atoms with E-state index in [0.29, 0.717) is 6.42 Å². The van der Waals surface area contributed by atoms with E-state index in [0.717, 1.165) is 19.4 Å². The van der Waals surface area contributed by atoms with E-state index in [-0.39, 0.29) is 0 Å². The maximum absolute atomic E-state index is 10.5. The molecule has 5 heteroatoms. The lowest BCUT2D eigenvalue weighted by Crippen LogP contribution is -2.30. The van der Waals surface area contributed by atoms with Crippen LogP contribution in [0.2, 0.25) is 0 Å². The largest absolute Gasteiger partial charge is 0.480 e. The molecule has 0 saturated carbocycles. The zero-order valence-corrected chi connectivity index (χ0v) is 10.1. The number of rotatable bonds is 7. The molecule has 0 aromatic rings. The third kappa shape index (κ3) is 9.83. The van der Waals surface area contributed by atoms with Crippen LogP contribution in [0.15, 0.2) is 0 Å². The molecule has 86 valence electrons. The van der Waals surface area contributed by atoms with E-state index in [1.807, 2.05) is 20.9 Å². The predicted octanol–water partition coefficient (Wildman–Crippen LogP) is 1.29. The standard InChI is InChI=1S/C7H16N2O2S.C2H6/c1-8-5-3-2-4-6(9-12)7(10)11;1-2/h6,8-9,12H,2-5H2,1H3,(H,10,11);1-2H3. The molecule has 0 heterocycles. The minimum Gasteiger partial charge on any atom is -0.480 e. The number of nitrogens with one attached hydrogen (secondary N) is 2. The minimum absolute atomic E-state index is 0.523. The van der Waals surface area contributed by atoms with Gasteiger partial charge < -0.3 is 10.4 Å². The summed E-state index contributed by atoms with van der Waals surface area (Å²) >= 11 is 3.73. The molecule has 0 aliphatic carbocycles. The van der Waals surface area contributed by atoms with E-state index in [1.54, 1.807) is 0 Å². The lowest BCUT2D eigenvalue weighted by molar-refractivity contribution is -0.139. The van der Waals surface area contributed by atoms with Gasteiger partial charge in [-0.1, -0.05) is 33.1 Å². The van der Waals surface area contributed by atoms with Crippen LogP contribution in [0, 0.1) is 0 Å². The molecule has 0 spiro atoms. The fourth-order valence-electron chi connectivity index (χ4n) is 0.893. The number of hydrogen-bond donors (Lipinski definition) is 4. The minimum atomic E-state index is -0.838. The second kappa shape index (κ2) is 12.7. The molecule has 14 heavy (non-hydrogen) atoms. The molecule has 0 rings (SSSR count). The Bertz CT molecular complexity index is 134. The molecule has 0 aromatic heterocycles. The van der Waals surface area contributed by atoms with Crippen LogP contribution in [-0.2, 0) is 4.79 Å². The van der Waals surface area contributed by atoms with Gasteiger partial charge in [0.15, 0.2) is 0 Å². The third-order valence-corrected chi connectivity index (χ3v) is 1.94. The van der Waals surface area contributed by atoms with Crippen LogP contribution in [0.3, 0.4) is 0 Å². The number of unbranched alkanes of at least 4 members (excludes halogenated alkanes) is 1. The maximum Gasteiger partial charge on any atom is 0.321 e. The Labute approximate surface area is 92.0 Å². The molecule has 1 unspecified atom stereocenters.